The van der Waals surface area contributed by atoms with Gasteiger partial charge in [-0.05, 0) is 70.0 Å². The molecule has 4 rings (SSSR count). The predicted octanol–water partition coefficient (Wildman–Crippen LogP) is 6.02. The molecule has 2 aromatic carbocycles. The predicted molar refractivity (Wildman–Crippen MR) is 121 cm³/mol. The molecular formula is C22H16Br2FN3O3. The molecule has 0 spiro atoms. The average Bonchev–Trinajstić information content (AvgIpc) is 3.36. The van der Waals surface area contributed by atoms with Gasteiger partial charge in [0.05, 0.1) is 11.0 Å². The first-order valence-corrected chi connectivity index (χ1v) is 10.8. The number of benzene rings is 2. The monoisotopic (exact) mass is 547 g/mol. The van der Waals surface area contributed by atoms with E-state index in [9.17, 15) is 9.18 Å². The Kier molecular flexibility index (Phi) is 6.53. The summed E-state index contributed by atoms with van der Waals surface area (Å²) in [6, 6.07) is 16.9. The molecule has 0 radical (unpaired) electrons. The van der Waals surface area contributed by atoms with Crippen molar-refractivity contribution < 1.29 is 18.3 Å². The van der Waals surface area contributed by atoms with Gasteiger partial charge in [0.1, 0.15) is 23.9 Å². The largest absolute Gasteiger partial charge is 0.486 e. The minimum Gasteiger partial charge on any atom is -0.486 e. The van der Waals surface area contributed by atoms with E-state index in [0.717, 1.165) is 10.0 Å². The van der Waals surface area contributed by atoms with E-state index in [-0.39, 0.29) is 18.2 Å². The number of nitrogens with one attached hydrogen (secondary N) is 1. The highest BCUT2D eigenvalue weighted by Crippen LogP contribution is 2.22. The van der Waals surface area contributed by atoms with E-state index in [2.05, 4.69) is 42.3 Å². The zero-order chi connectivity index (χ0) is 21.8. The Morgan fingerprint density at radius 2 is 1.81 bits per heavy atom. The van der Waals surface area contributed by atoms with Crippen molar-refractivity contribution in [3.63, 3.8) is 0 Å². The lowest BCUT2D eigenvalue weighted by Crippen LogP contribution is -2.12. The Hall–Kier alpha value is -2.91. The standard InChI is InChI=1S/C22H16Br2FN3O3/c23-15-3-7-17(8-4-15)30-13-18-9-10-20(31-18)22(29)26-21-19(24)12-28(27-21)11-14-1-5-16(25)6-2-14/h1-10,12H,11,13H2,(H,26,27,29). The number of ether oxygens (including phenoxy) is 1. The van der Waals surface area contributed by atoms with E-state index in [0.29, 0.717) is 28.3 Å². The van der Waals surface area contributed by atoms with Crippen molar-refractivity contribution in [1.82, 2.24) is 9.78 Å². The summed E-state index contributed by atoms with van der Waals surface area (Å²) in [5, 5.41) is 7.07. The normalized spacial score (nSPS) is 10.8. The van der Waals surface area contributed by atoms with Crippen LogP contribution >= 0.6 is 31.9 Å². The molecule has 1 amide bonds. The van der Waals surface area contributed by atoms with Crippen LogP contribution in [0.1, 0.15) is 21.9 Å². The summed E-state index contributed by atoms with van der Waals surface area (Å²) < 4.78 is 27.5. The van der Waals surface area contributed by atoms with Crippen molar-refractivity contribution >= 4 is 43.6 Å². The van der Waals surface area contributed by atoms with Gasteiger partial charge in [0.15, 0.2) is 11.6 Å². The van der Waals surface area contributed by atoms with Crippen molar-refractivity contribution in [2.24, 2.45) is 0 Å². The Balaban J connectivity index is 1.36. The maximum absolute atomic E-state index is 13.1. The molecule has 0 aliphatic carbocycles. The zero-order valence-corrected chi connectivity index (χ0v) is 19.2. The molecule has 0 fully saturated rings. The van der Waals surface area contributed by atoms with Crippen LogP contribution in [0.5, 0.6) is 5.75 Å². The third kappa shape index (κ3) is 5.62. The summed E-state index contributed by atoms with van der Waals surface area (Å²) in [5.74, 6) is 1.00. The number of aromatic nitrogens is 2. The number of hydrogen-bond acceptors (Lipinski definition) is 4. The van der Waals surface area contributed by atoms with Gasteiger partial charge in [0.2, 0.25) is 0 Å². The number of nitrogens with zero attached hydrogens (tertiary/aromatic N) is 2. The average molecular weight is 549 g/mol. The van der Waals surface area contributed by atoms with Crippen molar-refractivity contribution in [2.45, 2.75) is 13.2 Å². The van der Waals surface area contributed by atoms with E-state index in [1.54, 1.807) is 35.1 Å². The van der Waals surface area contributed by atoms with Gasteiger partial charge in [-0.3, -0.25) is 9.48 Å². The molecule has 2 aromatic heterocycles. The van der Waals surface area contributed by atoms with E-state index in [4.69, 9.17) is 9.15 Å². The fourth-order valence-electron chi connectivity index (χ4n) is 2.77. The molecule has 0 atom stereocenters. The van der Waals surface area contributed by atoms with Crippen LogP contribution in [0.2, 0.25) is 0 Å². The van der Waals surface area contributed by atoms with Gasteiger partial charge >= 0.3 is 0 Å². The molecule has 1 N–H and O–H groups in total. The Morgan fingerprint density at radius 1 is 1.06 bits per heavy atom. The Bertz CT molecular complexity index is 1190. The van der Waals surface area contributed by atoms with Crippen LogP contribution in [0.15, 0.2) is 80.2 Å². The van der Waals surface area contributed by atoms with E-state index >= 15 is 0 Å². The lowest BCUT2D eigenvalue weighted by Gasteiger charge is -2.04. The van der Waals surface area contributed by atoms with Gasteiger partial charge in [0.25, 0.3) is 5.91 Å². The number of halogens is 3. The first-order valence-electron chi connectivity index (χ1n) is 9.22. The van der Waals surface area contributed by atoms with Crippen molar-refractivity contribution in [3.05, 3.63) is 98.7 Å². The first kappa shape index (κ1) is 21.3. The van der Waals surface area contributed by atoms with Crippen LogP contribution < -0.4 is 10.1 Å². The van der Waals surface area contributed by atoms with Gasteiger partial charge in [-0.2, -0.15) is 5.10 Å². The van der Waals surface area contributed by atoms with Crippen LogP contribution in [0.3, 0.4) is 0 Å². The smallest absolute Gasteiger partial charge is 0.292 e. The molecule has 158 valence electrons. The number of hydrogen-bond donors (Lipinski definition) is 1. The molecule has 0 aliphatic heterocycles. The summed E-state index contributed by atoms with van der Waals surface area (Å²) in [6.07, 6.45) is 1.73. The summed E-state index contributed by atoms with van der Waals surface area (Å²) in [4.78, 5) is 12.5. The summed E-state index contributed by atoms with van der Waals surface area (Å²) in [7, 11) is 0. The van der Waals surface area contributed by atoms with E-state index in [1.807, 2.05) is 24.3 Å². The third-order valence-electron chi connectivity index (χ3n) is 4.29. The second-order valence-electron chi connectivity index (χ2n) is 6.61. The number of anilines is 1. The molecule has 4 aromatic rings. The Morgan fingerprint density at radius 3 is 2.55 bits per heavy atom. The molecule has 0 saturated carbocycles. The molecule has 0 saturated heterocycles. The summed E-state index contributed by atoms with van der Waals surface area (Å²) in [5.41, 5.74) is 0.885. The van der Waals surface area contributed by atoms with E-state index < -0.39 is 5.91 Å². The second kappa shape index (κ2) is 9.49. The maximum atomic E-state index is 13.1. The van der Waals surface area contributed by atoms with Gasteiger partial charge in [-0.1, -0.05) is 28.1 Å². The topological polar surface area (TPSA) is 69.3 Å². The minimum absolute atomic E-state index is 0.148. The molecule has 0 aliphatic rings. The number of carbonyl (C=O) groups is 1. The molecule has 0 unspecified atom stereocenters. The fourth-order valence-corrected chi connectivity index (χ4v) is 3.45. The van der Waals surface area contributed by atoms with Crippen molar-refractivity contribution in [3.8, 4) is 5.75 Å². The van der Waals surface area contributed by atoms with E-state index in [1.165, 1.54) is 12.1 Å². The number of carbonyl (C=O) groups excluding carboxylic acids is 1. The summed E-state index contributed by atoms with van der Waals surface area (Å²) in [6.45, 7) is 0.637. The highest BCUT2D eigenvalue weighted by atomic mass is 79.9. The fraction of sp³-hybridized carbons (Fsp3) is 0.0909. The maximum Gasteiger partial charge on any atom is 0.292 e. The minimum atomic E-state index is -0.428. The molecule has 31 heavy (non-hydrogen) atoms. The second-order valence-corrected chi connectivity index (χ2v) is 8.38. The van der Waals surface area contributed by atoms with Crippen LogP contribution in [-0.4, -0.2) is 15.7 Å². The zero-order valence-electron chi connectivity index (χ0n) is 16.0. The van der Waals surface area contributed by atoms with Gasteiger partial charge in [-0.25, -0.2) is 4.39 Å². The van der Waals surface area contributed by atoms with Crippen LogP contribution in [0.25, 0.3) is 0 Å². The molecule has 6 nitrogen and oxygen atoms in total. The van der Waals surface area contributed by atoms with Gasteiger partial charge < -0.3 is 14.5 Å². The SMILES string of the molecule is O=C(Nc1nn(Cc2ccc(F)cc2)cc1Br)c1ccc(COc2ccc(Br)cc2)o1. The van der Waals surface area contributed by atoms with Crippen molar-refractivity contribution in [1.29, 1.82) is 0 Å². The molecule has 9 heteroatoms. The van der Waals surface area contributed by atoms with Crippen LogP contribution in [0.4, 0.5) is 10.2 Å². The summed E-state index contributed by atoms with van der Waals surface area (Å²) >= 11 is 6.76. The third-order valence-corrected chi connectivity index (χ3v) is 5.40. The number of amides is 1. The highest BCUT2D eigenvalue weighted by Gasteiger charge is 2.16. The molecule has 0 bridgehead atoms. The lowest BCUT2D eigenvalue weighted by molar-refractivity contribution is 0.0992. The van der Waals surface area contributed by atoms with Gasteiger partial charge in [0, 0.05) is 10.7 Å². The molecule has 2 heterocycles. The first-order chi connectivity index (χ1) is 15.0. The quantitative estimate of drug-likeness (QED) is 0.306. The van der Waals surface area contributed by atoms with Gasteiger partial charge in [-0.15, -0.1) is 0 Å². The van der Waals surface area contributed by atoms with Crippen LogP contribution in [0, 0.1) is 5.82 Å². The van der Waals surface area contributed by atoms with Crippen LogP contribution in [-0.2, 0) is 13.2 Å². The highest BCUT2D eigenvalue weighted by molar-refractivity contribution is 9.10. The molecular weight excluding hydrogens is 533 g/mol. The number of furan rings is 1. The number of rotatable bonds is 7. The van der Waals surface area contributed by atoms with Crippen molar-refractivity contribution in [2.75, 3.05) is 5.32 Å². The lowest BCUT2D eigenvalue weighted by atomic mass is 10.2. The Labute approximate surface area is 194 Å².